The van der Waals surface area contributed by atoms with Gasteiger partial charge in [0.1, 0.15) is 0 Å². The van der Waals surface area contributed by atoms with Gasteiger partial charge < -0.3 is 5.11 Å². The highest BCUT2D eigenvalue weighted by Crippen LogP contribution is 2.20. The van der Waals surface area contributed by atoms with Crippen LogP contribution in [0.1, 0.15) is 39.7 Å². The third-order valence-corrected chi connectivity index (χ3v) is 5.38. The Bertz CT molecular complexity index is 521. The fraction of sp³-hybridized carbons (Fsp3) is 0.625. The van der Waals surface area contributed by atoms with Crippen LogP contribution in [0.2, 0.25) is 0 Å². The predicted molar refractivity (Wildman–Crippen MR) is 85.7 cm³/mol. The molecule has 0 radical (unpaired) electrons. The van der Waals surface area contributed by atoms with Gasteiger partial charge in [0, 0.05) is 19.2 Å². The number of rotatable bonds is 8. The lowest BCUT2D eigenvalue weighted by Crippen LogP contribution is -2.38. The maximum absolute atomic E-state index is 12.7. The van der Waals surface area contributed by atoms with E-state index >= 15 is 0 Å². The standard InChI is InChI=1S/C16H27NO3S/c1-13(2)12-15-6-8-16(9-7-15)21(19,20)17(14(3)4)10-5-11-18/h6-9,13-14,18H,5,10-12H2,1-4H3. The molecular formula is C16H27NO3S. The highest BCUT2D eigenvalue weighted by atomic mass is 32.2. The monoisotopic (exact) mass is 313 g/mol. The second-order valence-electron chi connectivity index (χ2n) is 6.03. The Morgan fingerprint density at radius 3 is 2.10 bits per heavy atom. The fourth-order valence-corrected chi connectivity index (χ4v) is 3.96. The molecule has 0 fully saturated rings. The summed E-state index contributed by atoms with van der Waals surface area (Å²) in [5.41, 5.74) is 1.15. The molecule has 0 aliphatic rings. The summed E-state index contributed by atoms with van der Waals surface area (Å²) >= 11 is 0. The van der Waals surface area contributed by atoms with Gasteiger partial charge in [-0.2, -0.15) is 4.31 Å². The zero-order valence-electron chi connectivity index (χ0n) is 13.4. The van der Waals surface area contributed by atoms with Gasteiger partial charge in [-0.25, -0.2) is 8.42 Å². The van der Waals surface area contributed by atoms with E-state index in [1.807, 2.05) is 26.0 Å². The first-order valence-corrected chi connectivity index (χ1v) is 8.94. The van der Waals surface area contributed by atoms with Crippen molar-refractivity contribution in [1.82, 2.24) is 4.31 Å². The van der Waals surface area contributed by atoms with E-state index in [4.69, 9.17) is 5.11 Å². The molecule has 0 atom stereocenters. The first-order valence-electron chi connectivity index (χ1n) is 7.50. The van der Waals surface area contributed by atoms with E-state index in [9.17, 15) is 8.42 Å². The predicted octanol–water partition coefficient (Wildman–Crippen LogP) is 2.67. The summed E-state index contributed by atoms with van der Waals surface area (Å²) in [6.45, 7) is 8.31. The minimum atomic E-state index is -3.50. The lowest BCUT2D eigenvalue weighted by molar-refractivity contribution is 0.258. The Morgan fingerprint density at radius 1 is 1.10 bits per heavy atom. The Kier molecular flexibility index (Phi) is 6.84. The smallest absolute Gasteiger partial charge is 0.243 e. The van der Waals surface area contributed by atoms with E-state index in [1.165, 1.54) is 4.31 Å². The largest absolute Gasteiger partial charge is 0.396 e. The molecule has 1 rings (SSSR count). The number of aliphatic hydroxyl groups is 1. The summed E-state index contributed by atoms with van der Waals surface area (Å²) in [6.07, 6.45) is 1.39. The normalized spacial score (nSPS) is 12.6. The zero-order chi connectivity index (χ0) is 16.0. The van der Waals surface area contributed by atoms with Crippen molar-refractivity contribution < 1.29 is 13.5 Å². The van der Waals surface area contributed by atoms with E-state index in [0.29, 0.717) is 23.8 Å². The Balaban J connectivity index is 2.99. The zero-order valence-corrected chi connectivity index (χ0v) is 14.2. The molecule has 21 heavy (non-hydrogen) atoms. The Hall–Kier alpha value is -0.910. The van der Waals surface area contributed by atoms with Crippen LogP contribution in [0.5, 0.6) is 0 Å². The van der Waals surface area contributed by atoms with Crippen LogP contribution in [0.4, 0.5) is 0 Å². The van der Waals surface area contributed by atoms with Crippen LogP contribution >= 0.6 is 0 Å². The second-order valence-corrected chi connectivity index (χ2v) is 7.92. The van der Waals surface area contributed by atoms with Crippen LogP contribution in [-0.4, -0.2) is 37.0 Å². The van der Waals surface area contributed by atoms with Gasteiger partial charge in [0.15, 0.2) is 0 Å². The summed E-state index contributed by atoms with van der Waals surface area (Å²) < 4.78 is 26.8. The van der Waals surface area contributed by atoms with Crippen molar-refractivity contribution in [1.29, 1.82) is 0 Å². The van der Waals surface area contributed by atoms with Crippen molar-refractivity contribution in [2.24, 2.45) is 5.92 Å². The average Bonchev–Trinajstić information content (AvgIpc) is 2.38. The molecule has 0 aliphatic heterocycles. The molecule has 0 bridgehead atoms. The Morgan fingerprint density at radius 2 is 1.67 bits per heavy atom. The fourth-order valence-electron chi connectivity index (χ4n) is 2.29. The van der Waals surface area contributed by atoms with Crippen molar-refractivity contribution >= 4 is 10.0 Å². The number of hydrogen-bond donors (Lipinski definition) is 1. The van der Waals surface area contributed by atoms with Crippen molar-refractivity contribution in [3.63, 3.8) is 0 Å². The van der Waals surface area contributed by atoms with Gasteiger partial charge in [-0.3, -0.25) is 0 Å². The van der Waals surface area contributed by atoms with Crippen molar-refractivity contribution in [2.75, 3.05) is 13.2 Å². The van der Waals surface area contributed by atoms with Gasteiger partial charge in [-0.1, -0.05) is 26.0 Å². The molecule has 4 nitrogen and oxygen atoms in total. The quantitative estimate of drug-likeness (QED) is 0.803. The van der Waals surface area contributed by atoms with Gasteiger partial charge in [0.2, 0.25) is 10.0 Å². The first kappa shape index (κ1) is 18.1. The van der Waals surface area contributed by atoms with Gasteiger partial charge in [-0.15, -0.1) is 0 Å². The van der Waals surface area contributed by atoms with Crippen molar-refractivity contribution in [2.45, 2.75) is 51.5 Å². The third-order valence-electron chi connectivity index (χ3n) is 3.29. The topological polar surface area (TPSA) is 57.6 Å². The van der Waals surface area contributed by atoms with Gasteiger partial charge in [0.05, 0.1) is 4.90 Å². The molecule has 0 saturated heterocycles. The summed E-state index contributed by atoms with van der Waals surface area (Å²) in [7, 11) is -3.50. The highest BCUT2D eigenvalue weighted by molar-refractivity contribution is 7.89. The van der Waals surface area contributed by atoms with Gasteiger partial charge in [0.25, 0.3) is 0 Å². The third kappa shape index (κ3) is 5.09. The Labute approximate surface area is 128 Å². The van der Waals surface area contributed by atoms with Gasteiger partial charge >= 0.3 is 0 Å². The maximum atomic E-state index is 12.7. The number of aliphatic hydroxyl groups excluding tert-OH is 1. The lowest BCUT2D eigenvalue weighted by atomic mass is 10.0. The van der Waals surface area contributed by atoms with E-state index in [-0.39, 0.29) is 12.6 Å². The molecule has 1 aromatic carbocycles. The minimum absolute atomic E-state index is 0.00787. The van der Waals surface area contributed by atoms with Crippen molar-refractivity contribution in [3.8, 4) is 0 Å². The van der Waals surface area contributed by atoms with Crippen LogP contribution in [0.25, 0.3) is 0 Å². The molecule has 0 saturated carbocycles. The van der Waals surface area contributed by atoms with E-state index in [1.54, 1.807) is 12.1 Å². The van der Waals surface area contributed by atoms with Crippen LogP contribution in [0.15, 0.2) is 29.2 Å². The second kappa shape index (κ2) is 7.92. The SMILES string of the molecule is CC(C)Cc1ccc(S(=O)(=O)N(CCCO)C(C)C)cc1. The van der Waals surface area contributed by atoms with Crippen LogP contribution in [0.3, 0.4) is 0 Å². The molecular weight excluding hydrogens is 286 g/mol. The number of hydrogen-bond acceptors (Lipinski definition) is 3. The first-order chi connectivity index (χ1) is 9.78. The van der Waals surface area contributed by atoms with Crippen LogP contribution in [0, 0.1) is 5.92 Å². The number of nitrogens with zero attached hydrogens (tertiary/aromatic N) is 1. The van der Waals surface area contributed by atoms with Gasteiger partial charge in [-0.05, 0) is 50.3 Å². The van der Waals surface area contributed by atoms with E-state index in [0.717, 1.165) is 12.0 Å². The van der Waals surface area contributed by atoms with Crippen LogP contribution < -0.4 is 0 Å². The molecule has 1 aromatic rings. The molecule has 0 amide bonds. The maximum Gasteiger partial charge on any atom is 0.243 e. The average molecular weight is 313 g/mol. The lowest BCUT2D eigenvalue weighted by Gasteiger charge is -2.25. The molecule has 0 unspecified atom stereocenters. The van der Waals surface area contributed by atoms with E-state index in [2.05, 4.69) is 13.8 Å². The van der Waals surface area contributed by atoms with Crippen molar-refractivity contribution in [3.05, 3.63) is 29.8 Å². The molecule has 0 heterocycles. The summed E-state index contributed by atoms with van der Waals surface area (Å²) in [5.74, 6) is 0.546. The summed E-state index contributed by atoms with van der Waals surface area (Å²) in [5, 5.41) is 8.93. The molecule has 1 N–H and O–H groups in total. The van der Waals surface area contributed by atoms with Crippen LogP contribution in [-0.2, 0) is 16.4 Å². The van der Waals surface area contributed by atoms with E-state index < -0.39 is 10.0 Å². The minimum Gasteiger partial charge on any atom is -0.396 e. The molecule has 0 aromatic heterocycles. The molecule has 5 heteroatoms. The number of benzene rings is 1. The molecule has 0 spiro atoms. The number of sulfonamides is 1. The summed E-state index contributed by atoms with van der Waals surface area (Å²) in [6, 6.07) is 7.01. The summed E-state index contributed by atoms with van der Waals surface area (Å²) in [4.78, 5) is 0.321. The molecule has 0 aliphatic carbocycles. The molecule has 120 valence electrons. The highest BCUT2D eigenvalue weighted by Gasteiger charge is 2.26.